The molecule has 51 heavy (non-hydrogen) atoms. The van der Waals surface area contributed by atoms with E-state index in [1.54, 1.807) is 6.08 Å². The standard InChI is InChI=1S/C39H71O11P/c1-4-5-20-26-35(41)27-22-17-13-9-7-10-14-18-23-28-38(43)47-32-37(33-49-51(45,46)48-31-36(42)30-40)50-39(44)29-24-19-15-11-6-8-12-16-21-25-34(2)3/h5,13,17,20,22,27,34-37,40-42H,4,6-12,14-16,18-19,21,23-26,28-33H2,1-3H3,(H,45,46)/b17-13+,20-5+,27-22+/t35?,36-,37+/m0/s1. The predicted molar refractivity (Wildman–Crippen MR) is 202 cm³/mol. The molecule has 0 fully saturated rings. The Bertz CT molecular complexity index is 982. The number of carbonyl (C=O) groups excluding carboxylic acids is 2. The molecule has 0 saturated carbocycles. The second kappa shape index (κ2) is 34.0. The third kappa shape index (κ3) is 35.0. The zero-order valence-corrected chi connectivity index (χ0v) is 32.7. The van der Waals surface area contributed by atoms with E-state index in [4.69, 9.17) is 19.1 Å². The van der Waals surface area contributed by atoms with Crippen molar-refractivity contribution >= 4 is 19.8 Å². The molecular formula is C39H71O11P. The maximum absolute atomic E-state index is 12.5. The lowest BCUT2D eigenvalue weighted by Crippen LogP contribution is -2.29. The van der Waals surface area contributed by atoms with E-state index in [1.165, 1.54) is 38.5 Å². The number of phosphoric acid groups is 1. The summed E-state index contributed by atoms with van der Waals surface area (Å²) < 4.78 is 32.5. The molecule has 0 heterocycles. The fraction of sp³-hybridized carbons (Fsp3) is 0.795. The Morgan fingerprint density at radius 2 is 1.27 bits per heavy atom. The number of ether oxygens (including phenoxy) is 2. The zero-order valence-electron chi connectivity index (χ0n) is 31.8. The van der Waals surface area contributed by atoms with Gasteiger partial charge in [-0.15, -0.1) is 0 Å². The molecule has 0 aliphatic heterocycles. The molecule has 2 unspecified atom stereocenters. The number of rotatable bonds is 35. The lowest BCUT2D eigenvalue weighted by atomic mass is 10.0. The second-order valence-corrected chi connectivity index (χ2v) is 15.1. The molecule has 12 heteroatoms. The average molecular weight is 747 g/mol. The molecule has 0 amide bonds. The van der Waals surface area contributed by atoms with Gasteiger partial charge in [-0.25, -0.2) is 4.57 Å². The van der Waals surface area contributed by atoms with E-state index in [0.717, 1.165) is 63.7 Å². The first-order valence-electron chi connectivity index (χ1n) is 19.4. The van der Waals surface area contributed by atoms with Gasteiger partial charge < -0.3 is 29.7 Å². The minimum absolute atomic E-state index is 0.169. The van der Waals surface area contributed by atoms with Gasteiger partial charge >= 0.3 is 19.8 Å². The van der Waals surface area contributed by atoms with Crippen LogP contribution in [0.3, 0.4) is 0 Å². The Kier molecular flexibility index (Phi) is 32.7. The highest BCUT2D eigenvalue weighted by Gasteiger charge is 2.27. The molecule has 0 bridgehead atoms. The predicted octanol–water partition coefficient (Wildman–Crippen LogP) is 8.44. The molecule has 0 saturated heterocycles. The van der Waals surface area contributed by atoms with Crippen LogP contribution in [-0.2, 0) is 32.7 Å². The number of allylic oxidation sites excluding steroid dienone is 4. The quantitative estimate of drug-likeness (QED) is 0.0161. The van der Waals surface area contributed by atoms with Crippen molar-refractivity contribution in [2.24, 2.45) is 5.92 Å². The van der Waals surface area contributed by atoms with Crippen LogP contribution < -0.4 is 0 Å². The van der Waals surface area contributed by atoms with Crippen molar-refractivity contribution in [2.75, 3.05) is 26.4 Å². The van der Waals surface area contributed by atoms with Gasteiger partial charge in [-0.05, 0) is 44.4 Å². The Hall–Kier alpha value is -1.85. The fourth-order valence-corrected chi connectivity index (χ4v) is 5.83. The minimum Gasteiger partial charge on any atom is -0.462 e. The highest BCUT2D eigenvalue weighted by molar-refractivity contribution is 7.47. The van der Waals surface area contributed by atoms with E-state index in [1.807, 2.05) is 24.3 Å². The lowest BCUT2D eigenvalue weighted by Gasteiger charge is -2.20. The minimum atomic E-state index is -4.63. The Balaban J connectivity index is 4.42. The molecular weight excluding hydrogens is 675 g/mol. The summed E-state index contributed by atoms with van der Waals surface area (Å²) in [5.74, 6) is -0.216. The SMILES string of the molecule is CC/C=C/CC(O)/C=C/C=C/CCCCCCCC(=O)OC[C@H](COP(=O)(O)OC[C@@H](O)CO)OC(=O)CCCCCCCCCCCC(C)C. The maximum Gasteiger partial charge on any atom is 0.472 e. The second-order valence-electron chi connectivity index (χ2n) is 13.6. The number of aliphatic hydroxyl groups is 3. The lowest BCUT2D eigenvalue weighted by molar-refractivity contribution is -0.161. The van der Waals surface area contributed by atoms with Crippen molar-refractivity contribution < 1.29 is 52.9 Å². The van der Waals surface area contributed by atoms with Gasteiger partial charge in [0.1, 0.15) is 12.7 Å². The summed E-state index contributed by atoms with van der Waals surface area (Å²) in [4.78, 5) is 34.8. The van der Waals surface area contributed by atoms with Crippen LogP contribution in [-0.4, -0.2) is 76.9 Å². The number of hydrogen-bond donors (Lipinski definition) is 4. The van der Waals surface area contributed by atoms with Crippen LogP contribution in [0.15, 0.2) is 36.5 Å². The Morgan fingerprint density at radius 1 is 0.706 bits per heavy atom. The number of unbranched alkanes of at least 4 members (excludes halogenated alkanes) is 13. The summed E-state index contributed by atoms with van der Waals surface area (Å²) in [6.45, 7) is 4.39. The largest absolute Gasteiger partial charge is 0.472 e. The zero-order chi connectivity index (χ0) is 38.0. The maximum atomic E-state index is 12.5. The van der Waals surface area contributed by atoms with Gasteiger partial charge in [0.25, 0.3) is 0 Å². The summed E-state index contributed by atoms with van der Waals surface area (Å²) in [5.41, 5.74) is 0. The van der Waals surface area contributed by atoms with Gasteiger partial charge in [0, 0.05) is 12.8 Å². The van der Waals surface area contributed by atoms with E-state index in [0.29, 0.717) is 19.3 Å². The summed E-state index contributed by atoms with van der Waals surface area (Å²) in [6.07, 6.45) is 27.4. The van der Waals surface area contributed by atoms with Crippen LogP contribution in [0.4, 0.5) is 0 Å². The van der Waals surface area contributed by atoms with Crippen LogP contribution in [0, 0.1) is 5.92 Å². The molecule has 0 aromatic carbocycles. The Labute approximate surface area is 308 Å². The summed E-state index contributed by atoms with van der Waals surface area (Å²) in [7, 11) is -4.63. The molecule has 0 spiro atoms. The summed E-state index contributed by atoms with van der Waals surface area (Å²) in [6, 6.07) is 0. The van der Waals surface area contributed by atoms with Crippen molar-refractivity contribution in [3.63, 3.8) is 0 Å². The molecule has 0 aliphatic rings. The molecule has 11 nitrogen and oxygen atoms in total. The van der Waals surface area contributed by atoms with Crippen molar-refractivity contribution in [1.82, 2.24) is 0 Å². The van der Waals surface area contributed by atoms with E-state index in [9.17, 15) is 29.3 Å². The summed E-state index contributed by atoms with van der Waals surface area (Å²) >= 11 is 0. The smallest absolute Gasteiger partial charge is 0.462 e. The number of hydrogen-bond acceptors (Lipinski definition) is 10. The van der Waals surface area contributed by atoms with Gasteiger partial charge in [0.05, 0.1) is 25.9 Å². The van der Waals surface area contributed by atoms with Crippen molar-refractivity contribution in [3.05, 3.63) is 36.5 Å². The molecule has 4 N–H and O–H groups in total. The molecule has 4 atom stereocenters. The number of esters is 2. The van der Waals surface area contributed by atoms with E-state index in [-0.39, 0.29) is 19.4 Å². The van der Waals surface area contributed by atoms with Crippen molar-refractivity contribution in [1.29, 1.82) is 0 Å². The number of carbonyl (C=O) groups is 2. The van der Waals surface area contributed by atoms with E-state index >= 15 is 0 Å². The fourth-order valence-electron chi connectivity index (χ4n) is 5.04. The molecule has 0 aromatic heterocycles. The molecule has 298 valence electrons. The molecule has 0 aliphatic carbocycles. The molecule has 0 rings (SSSR count). The van der Waals surface area contributed by atoms with Crippen molar-refractivity contribution in [2.45, 2.75) is 167 Å². The third-order valence-corrected chi connectivity index (χ3v) is 9.02. The Morgan fingerprint density at radius 3 is 1.88 bits per heavy atom. The topological polar surface area (TPSA) is 169 Å². The first-order valence-corrected chi connectivity index (χ1v) is 20.9. The first-order chi connectivity index (χ1) is 24.5. The van der Waals surface area contributed by atoms with Crippen LogP contribution in [0.1, 0.15) is 149 Å². The van der Waals surface area contributed by atoms with Crippen LogP contribution in [0.2, 0.25) is 0 Å². The first kappa shape index (κ1) is 49.1. The van der Waals surface area contributed by atoms with Gasteiger partial charge in [-0.1, -0.05) is 134 Å². The average Bonchev–Trinajstić information content (AvgIpc) is 3.09. The number of aliphatic hydroxyl groups excluding tert-OH is 3. The third-order valence-electron chi connectivity index (χ3n) is 8.07. The molecule has 0 aromatic rings. The summed E-state index contributed by atoms with van der Waals surface area (Å²) in [5, 5.41) is 28.1. The van der Waals surface area contributed by atoms with Crippen molar-refractivity contribution in [3.8, 4) is 0 Å². The monoisotopic (exact) mass is 746 g/mol. The van der Waals surface area contributed by atoms with E-state index in [2.05, 4.69) is 31.4 Å². The van der Waals surface area contributed by atoms with Crippen LogP contribution in [0.25, 0.3) is 0 Å². The highest BCUT2D eigenvalue weighted by atomic mass is 31.2. The van der Waals surface area contributed by atoms with E-state index < -0.39 is 57.9 Å². The van der Waals surface area contributed by atoms with Crippen LogP contribution >= 0.6 is 7.82 Å². The van der Waals surface area contributed by atoms with Gasteiger partial charge in [-0.2, -0.15) is 0 Å². The van der Waals surface area contributed by atoms with Crippen LogP contribution in [0.5, 0.6) is 0 Å². The van der Waals surface area contributed by atoms with Gasteiger partial charge in [0.15, 0.2) is 6.10 Å². The molecule has 0 radical (unpaired) electrons. The van der Waals surface area contributed by atoms with Gasteiger partial charge in [0.2, 0.25) is 0 Å². The number of phosphoric ester groups is 1. The normalized spacial score (nSPS) is 15.1. The highest BCUT2D eigenvalue weighted by Crippen LogP contribution is 2.43. The van der Waals surface area contributed by atoms with Gasteiger partial charge in [-0.3, -0.25) is 18.6 Å².